The van der Waals surface area contributed by atoms with E-state index in [2.05, 4.69) is 15.9 Å². The van der Waals surface area contributed by atoms with Crippen LogP contribution in [0.5, 0.6) is 0 Å². The lowest BCUT2D eigenvalue weighted by atomic mass is 9.99. The summed E-state index contributed by atoms with van der Waals surface area (Å²) in [5.74, 6) is -1.16. The van der Waals surface area contributed by atoms with Crippen molar-refractivity contribution in [2.75, 3.05) is 0 Å². The van der Waals surface area contributed by atoms with Crippen LogP contribution in [0.4, 0.5) is 0 Å². The number of carboxylic acids is 1. The third kappa shape index (κ3) is 1.22. The van der Waals surface area contributed by atoms with E-state index in [1.807, 2.05) is 0 Å². The second-order valence-corrected chi connectivity index (χ2v) is 5.57. The highest BCUT2D eigenvalue weighted by atomic mass is 79.9. The number of fused-ring (bicyclic) bond motifs is 1. The van der Waals surface area contributed by atoms with Crippen molar-refractivity contribution in [3.8, 4) is 0 Å². The van der Waals surface area contributed by atoms with Crippen LogP contribution in [0.2, 0.25) is 0 Å². The lowest BCUT2D eigenvalue weighted by Crippen LogP contribution is -2.32. The second-order valence-electron chi connectivity index (χ2n) is 3.05. The van der Waals surface area contributed by atoms with Crippen LogP contribution in [0.1, 0.15) is 16.9 Å². The summed E-state index contributed by atoms with van der Waals surface area (Å²) in [6.45, 7) is 0. The third-order valence-electron chi connectivity index (χ3n) is 2.29. The molecular weight excluding hydrogens is 256 g/mol. The van der Waals surface area contributed by atoms with E-state index in [-0.39, 0.29) is 6.42 Å². The first-order valence-electron chi connectivity index (χ1n) is 3.78. The van der Waals surface area contributed by atoms with Gasteiger partial charge < -0.3 is 10.2 Å². The molecule has 1 aromatic heterocycles. The lowest BCUT2D eigenvalue weighted by Gasteiger charge is -2.16. The van der Waals surface area contributed by atoms with E-state index in [0.29, 0.717) is 12.0 Å². The molecule has 0 saturated heterocycles. The van der Waals surface area contributed by atoms with E-state index >= 15 is 0 Å². The van der Waals surface area contributed by atoms with Crippen LogP contribution in [0.25, 0.3) is 0 Å². The normalized spacial score (nSPS) is 26.0. The first kappa shape index (κ1) is 9.18. The largest absolute Gasteiger partial charge is 0.479 e. The van der Waals surface area contributed by atoms with Gasteiger partial charge in [0.2, 0.25) is 0 Å². The zero-order chi connectivity index (χ0) is 9.64. The van der Waals surface area contributed by atoms with E-state index in [4.69, 9.17) is 5.11 Å². The van der Waals surface area contributed by atoms with E-state index < -0.39 is 11.6 Å². The average Bonchev–Trinajstić information content (AvgIpc) is 2.53. The molecule has 1 heterocycles. The molecule has 0 spiro atoms. The summed E-state index contributed by atoms with van der Waals surface area (Å²) in [5, 5.41) is 18.7. The monoisotopic (exact) mass is 262 g/mol. The van der Waals surface area contributed by atoms with Crippen LogP contribution in [-0.4, -0.2) is 16.2 Å². The van der Waals surface area contributed by atoms with Gasteiger partial charge in [0.05, 0.1) is 3.79 Å². The van der Waals surface area contributed by atoms with Gasteiger partial charge in [-0.3, -0.25) is 0 Å². The number of hydrogen-bond acceptors (Lipinski definition) is 3. The standard InChI is InChI=1S/C8H7BrO3S/c9-6-3-4-5(13-6)1-2-8(4,12)7(10)11/h3,12H,1-2H2,(H,10,11). The van der Waals surface area contributed by atoms with Gasteiger partial charge in [-0.2, -0.15) is 0 Å². The molecule has 0 saturated carbocycles. The van der Waals surface area contributed by atoms with Gasteiger partial charge in [0.15, 0.2) is 5.60 Å². The van der Waals surface area contributed by atoms with Crippen LogP contribution in [0, 0.1) is 0 Å². The Labute approximate surface area is 87.1 Å². The van der Waals surface area contributed by atoms with Crippen molar-refractivity contribution in [3.05, 3.63) is 20.3 Å². The van der Waals surface area contributed by atoms with Crippen molar-refractivity contribution in [1.82, 2.24) is 0 Å². The summed E-state index contributed by atoms with van der Waals surface area (Å²) < 4.78 is 0.872. The summed E-state index contributed by atoms with van der Waals surface area (Å²) in [7, 11) is 0. The fourth-order valence-electron chi connectivity index (χ4n) is 1.58. The fourth-order valence-corrected chi connectivity index (χ4v) is 3.35. The first-order chi connectivity index (χ1) is 6.04. The highest BCUT2D eigenvalue weighted by molar-refractivity contribution is 9.11. The zero-order valence-electron chi connectivity index (χ0n) is 6.58. The molecule has 0 fully saturated rings. The molecule has 1 aliphatic rings. The molecule has 1 unspecified atom stereocenters. The quantitative estimate of drug-likeness (QED) is 0.811. The summed E-state index contributed by atoms with van der Waals surface area (Å²) in [4.78, 5) is 11.8. The first-order valence-corrected chi connectivity index (χ1v) is 5.39. The maximum Gasteiger partial charge on any atom is 0.340 e. The molecule has 0 radical (unpaired) electrons. The highest BCUT2D eigenvalue weighted by Crippen LogP contribution is 2.43. The predicted molar refractivity (Wildman–Crippen MR) is 51.9 cm³/mol. The molecular formula is C8H7BrO3S. The minimum atomic E-state index is -1.65. The Balaban J connectivity index is 2.53. The summed E-state index contributed by atoms with van der Waals surface area (Å²) in [6.07, 6.45) is 0.936. The fraction of sp³-hybridized carbons (Fsp3) is 0.375. The Hall–Kier alpha value is -0.390. The Morgan fingerprint density at radius 3 is 3.00 bits per heavy atom. The van der Waals surface area contributed by atoms with Gasteiger partial charge in [-0.15, -0.1) is 11.3 Å². The maximum atomic E-state index is 10.8. The van der Waals surface area contributed by atoms with Gasteiger partial charge in [-0.1, -0.05) is 0 Å². The number of aliphatic hydroxyl groups is 1. The zero-order valence-corrected chi connectivity index (χ0v) is 8.98. The number of halogens is 1. The molecule has 0 amide bonds. The molecule has 1 aromatic rings. The number of aryl methyl sites for hydroxylation is 1. The predicted octanol–water partition coefficient (Wildman–Crippen LogP) is 1.73. The number of rotatable bonds is 1. The van der Waals surface area contributed by atoms with Crippen molar-refractivity contribution in [2.24, 2.45) is 0 Å². The molecule has 2 N–H and O–H groups in total. The van der Waals surface area contributed by atoms with Gasteiger partial charge in [-0.25, -0.2) is 4.79 Å². The summed E-state index contributed by atoms with van der Waals surface area (Å²) in [6, 6.07) is 1.70. The van der Waals surface area contributed by atoms with E-state index in [1.54, 1.807) is 6.07 Å². The van der Waals surface area contributed by atoms with E-state index in [1.165, 1.54) is 11.3 Å². The SMILES string of the molecule is O=C(O)C1(O)CCc2sc(Br)cc21. The maximum absolute atomic E-state index is 10.8. The van der Waals surface area contributed by atoms with E-state index in [0.717, 1.165) is 8.66 Å². The minimum Gasteiger partial charge on any atom is -0.479 e. The number of carboxylic acid groups (broad SMARTS) is 1. The molecule has 5 heteroatoms. The Bertz CT molecular complexity index is 373. The Morgan fingerprint density at radius 1 is 1.69 bits per heavy atom. The number of hydrogen-bond donors (Lipinski definition) is 2. The van der Waals surface area contributed by atoms with Crippen LogP contribution < -0.4 is 0 Å². The highest BCUT2D eigenvalue weighted by Gasteiger charge is 2.44. The van der Waals surface area contributed by atoms with E-state index in [9.17, 15) is 9.90 Å². The molecule has 70 valence electrons. The topological polar surface area (TPSA) is 57.5 Å². The van der Waals surface area contributed by atoms with Gasteiger partial charge in [0.25, 0.3) is 0 Å². The van der Waals surface area contributed by atoms with Gasteiger partial charge in [-0.05, 0) is 34.8 Å². The van der Waals surface area contributed by atoms with Crippen molar-refractivity contribution >= 4 is 33.2 Å². The van der Waals surface area contributed by atoms with Crippen molar-refractivity contribution < 1.29 is 15.0 Å². The molecule has 2 rings (SSSR count). The number of aliphatic carboxylic acids is 1. The Kier molecular flexibility index (Phi) is 1.98. The second kappa shape index (κ2) is 2.80. The van der Waals surface area contributed by atoms with Gasteiger partial charge in [0, 0.05) is 10.4 Å². The van der Waals surface area contributed by atoms with Crippen LogP contribution >= 0.6 is 27.3 Å². The summed E-state index contributed by atoms with van der Waals surface area (Å²) in [5.41, 5.74) is -1.10. The van der Waals surface area contributed by atoms with Crippen LogP contribution in [0.3, 0.4) is 0 Å². The van der Waals surface area contributed by atoms with Gasteiger partial charge in [0.1, 0.15) is 0 Å². The third-order valence-corrected chi connectivity index (χ3v) is 3.99. The molecule has 0 bridgehead atoms. The van der Waals surface area contributed by atoms with Crippen molar-refractivity contribution in [2.45, 2.75) is 18.4 Å². The Morgan fingerprint density at radius 2 is 2.38 bits per heavy atom. The molecule has 0 aromatic carbocycles. The van der Waals surface area contributed by atoms with Crippen LogP contribution in [0.15, 0.2) is 9.85 Å². The molecule has 1 aliphatic carbocycles. The van der Waals surface area contributed by atoms with Gasteiger partial charge >= 0.3 is 5.97 Å². The molecule has 3 nitrogen and oxygen atoms in total. The lowest BCUT2D eigenvalue weighted by molar-refractivity contribution is -0.159. The van der Waals surface area contributed by atoms with Crippen molar-refractivity contribution in [3.63, 3.8) is 0 Å². The molecule has 13 heavy (non-hydrogen) atoms. The number of carbonyl (C=O) groups is 1. The number of thiophene rings is 1. The summed E-state index contributed by atoms with van der Waals surface area (Å²) >= 11 is 4.76. The smallest absolute Gasteiger partial charge is 0.340 e. The van der Waals surface area contributed by atoms with Crippen molar-refractivity contribution in [1.29, 1.82) is 0 Å². The minimum absolute atomic E-state index is 0.288. The average molecular weight is 263 g/mol. The molecule has 1 atom stereocenters. The van der Waals surface area contributed by atoms with Crippen LogP contribution in [-0.2, 0) is 16.8 Å². The molecule has 0 aliphatic heterocycles.